The Kier molecular flexibility index (Phi) is 6.33. The lowest BCUT2D eigenvalue weighted by Gasteiger charge is -2.11. The second kappa shape index (κ2) is 9.17. The summed E-state index contributed by atoms with van der Waals surface area (Å²) in [6, 6.07) is 8.57. The summed E-state index contributed by atoms with van der Waals surface area (Å²) >= 11 is 0. The molecule has 2 atom stereocenters. The van der Waals surface area contributed by atoms with Crippen molar-refractivity contribution in [2.24, 2.45) is 0 Å². The summed E-state index contributed by atoms with van der Waals surface area (Å²) in [7, 11) is 1.72. The van der Waals surface area contributed by atoms with Crippen molar-refractivity contribution in [2.45, 2.75) is 32.0 Å². The van der Waals surface area contributed by atoms with E-state index in [0.717, 1.165) is 47.0 Å². The minimum atomic E-state index is 0. The smallest absolute Gasteiger partial charge is 0.147 e. The second-order valence-electron chi connectivity index (χ2n) is 7.82. The van der Waals surface area contributed by atoms with Crippen LogP contribution in [0.3, 0.4) is 0 Å². The van der Waals surface area contributed by atoms with Crippen molar-refractivity contribution in [2.75, 3.05) is 26.0 Å². The predicted molar refractivity (Wildman–Crippen MR) is 128 cm³/mol. The van der Waals surface area contributed by atoms with E-state index in [1.807, 2.05) is 29.2 Å². The van der Waals surface area contributed by atoms with E-state index in [1.54, 1.807) is 13.3 Å². The molecule has 3 aromatic heterocycles. The Bertz CT molecular complexity index is 1320. The fraction of sp³-hybridized carbons (Fsp3) is 0.348. The van der Waals surface area contributed by atoms with E-state index in [9.17, 15) is 0 Å². The molecule has 1 saturated heterocycles. The van der Waals surface area contributed by atoms with Crippen LogP contribution in [-0.4, -0.2) is 50.6 Å². The van der Waals surface area contributed by atoms with Gasteiger partial charge < -0.3 is 20.4 Å². The SMILES string of the molecule is CCn1cnc2cc(C#Cc3nn([C@@H]4CN[C@@H](COC)C4)c4ccnc(N)c34)ccc21.Cl. The van der Waals surface area contributed by atoms with Crippen LogP contribution in [0.5, 0.6) is 0 Å². The molecule has 1 aliphatic heterocycles. The lowest BCUT2D eigenvalue weighted by molar-refractivity contribution is 0.172. The number of nitrogens with zero attached hydrogens (tertiary/aromatic N) is 5. The third-order valence-corrected chi connectivity index (χ3v) is 5.85. The molecular formula is C23H26ClN7O. The van der Waals surface area contributed by atoms with Crippen molar-refractivity contribution in [3.63, 3.8) is 0 Å². The number of halogens is 1. The minimum absolute atomic E-state index is 0. The molecule has 0 radical (unpaired) electrons. The van der Waals surface area contributed by atoms with E-state index >= 15 is 0 Å². The van der Waals surface area contributed by atoms with Gasteiger partial charge in [-0.15, -0.1) is 12.4 Å². The Labute approximate surface area is 192 Å². The van der Waals surface area contributed by atoms with Crippen molar-refractivity contribution in [3.8, 4) is 11.8 Å². The molecule has 8 nitrogen and oxygen atoms in total. The van der Waals surface area contributed by atoms with Gasteiger partial charge in [-0.25, -0.2) is 9.97 Å². The Balaban J connectivity index is 0.00000245. The fourth-order valence-corrected chi connectivity index (χ4v) is 4.32. The van der Waals surface area contributed by atoms with Crippen LogP contribution in [0.25, 0.3) is 21.9 Å². The molecule has 166 valence electrons. The second-order valence-corrected chi connectivity index (χ2v) is 7.82. The number of rotatable bonds is 4. The van der Waals surface area contributed by atoms with Gasteiger partial charge in [-0.3, -0.25) is 4.68 Å². The van der Waals surface area contributed by atoms with E-state index in [2.05, 4.69) is 44.7 Å². The molecule has 0 saturated carbocycles. The molecule has 3 N–H and O–H groups in total. The molecular weight excluding hydrogens is 426 g/mol. The third-order valence-electron chi connectivity index (χ3n) is 5.85. The molecule has 4 heterocycles. The fourth-order valence-electron chi connectivity index (χ4n) is 4.32. The highest BCUT2D eigenvalue weighted by Crippen LogP contribution is 2.29. The topological polar surface area (TPSA) is 95.8 Å². The quantitative estimate of drug-likeness (QED) is 0.463. The highest BCUT2D eigenvalue weighted by atomic mass is 35.5. The van der Waals surface area contributed by atoms with Crippen molar-refractivity contribution in [1.82, 2.24) is 29.6 Å². The van der Waals surface area contributed by atoms with Crippen LogP contribution in [0.2, 0.25) is 0 Å². The van der Waals surface area contributed by atoms with Gasteiger partial charge >= 0.3 is 0 Å². The molecule has 0 unspecified atom stereocenters. The first-order chi connectivity index (χ1) is 15.2. The van der Waals surface area contributed by atoms with Crippen molar-refractivity contribution in [1.29, 1.82) is 0 Å². The van der Waals surface area contributed by atoms with Gasteiger partial charge in [-0.2, -0.15) is 5.10 Å². The predicted octanol–water partition coefficient (Wildman–Crippen LogP) is 2.75. The van der Waals surface area contributed by atoms with Crippen LogP contribution >= 0.6 is 12.4 Å². The number of nitrogen functional groups attached to an aromatic ring is 1. The number of hydrogen-bond acceptors (Lipinski definition) is 6. The number of fused-ring (bicyclic) bond motifs is 2. The van der Waals surface area contributed by atoms with Crippen molar-refractivity contribution in [3.05, 3.63) is 48.0 Å². The van der Waals surface area contributed by atoms with Crippen LogP contribution in [0.15, 0.2) is 36.8 Å². The molecule has 1 aliphatic rings. The maximum absolute atomic E-state index is 6.22. The van der Waals surface area contributed by atoms with Gasteiger partial charge in [0.25, 0.3) is 0 Å². The number of pyridine rings is 1. The van der Waals surface area contributed by atoms with Gasteiger partial charge in [-0.05, 0) is 43.5 Å². The molecule has 0 spiro atoms. The van der Waals surface area contributed by atoms with Gasteiger partial charge in [0.05, 0.1) is 40.9 Å². The lowest BCUT2D eigenvalue weighted by Crippen LogP contribution is -2.25. The van der Waals surface area contributed by atoms with Crippen molar-refractivity contribution < 1.29 is 4.74 Å². The first kappa shape index (κ1) is 22.1. The van der Waals surface area contributed by atoms with E-state index in [0.29, 0.717) is 24.2 Å². The van der Waals surface area contributed by atoms with Crippen LogP contribution < -0.4 is 11.1 Å². The molecule has 4 aromatic rings. The number of imidazole rings is 1. The number of nitrogens with one attached hydrogen (secondary N) is 1. The number of methoxy groups -OCH3 is 1. The average molecular weight is 452 g/mol. The minimum Gasteiger partial charge on any atom is -0.383 e. The summed E-state index contributed by atoms with van der Waals surface area (Å²) in [5.41, 5.74) is 10.8. The van der Waals surface area contributed by atoms with Gasteiger partial charge in [0.15, 0.2) is 0 Å². The van der Waals surface area contributed by atoms with E-state index in [-0.39, 0.29) is 18.4 Å². The number of aryl methyl sites for hydroxylation is 1. The number of anilines is 1. The monoisotopic (exact) mass is 451 g/mol. The summed E-state index contributed by atoms with van der Waals surface area (Å²) in [5, 5.41) is 9.15. The number of nitrogens with two attached hydrogens (primary N) is 1. The highest BCUT2D eigenvalue weighted by molar-refractivity contribution is 5.93. The Morgan fingerprint density at radius 1 is 1.22 bits per heavy atom. The zero-order valence-corrected chi connectivity index (χ0v) is 18.9. The van der Waals surface area contributed by atoms with Crippen LogP contribution in [0.4, 0.5) is 5.82 Å². The zero-order valence-electron chi connectivity index (χ0n) is 18.1. The summed E-state index contributed by atoms with van der Waals surface area (Å²) in [5.74, 6) is 6.92. The van der Waals surface area contributed by atoms with E-state index in [4.69, 9.17) is 15.6 Å². The van der Waals surface area contributed by atoms with Gasteiger partial charge in [-0.1, -0.05) is 5.92 Å². The molecule has 0 bridgehead atoms. The zero-order chi connectivity index (χ0) is 21.4. The maximum Gasteiger partial charge on any atom is 0.147 e. The summed E-state index contributed by atoms with van der Waals surface area (Å²) in [6.45, 7) is 4.50. The van der Waals surface area contributed by atoms with Gasteiger partial charge in [0.1, 0.15) is 11.5 Å². The molecule has 0 aliphatic carbocycles. The Morgan fingerprint density at radius 2 is 2.09 bits per heavy atom. The lowest BCUT2D eigenvalue weighted by atomic mass is 10.1. The average Bonchev–Trinajstić information content (AvgIpc) is 3.49. The van der Waals surface area contributed by atoms with Crippen LogP contribution in [-0.2, 0) is 11.3 Å². The Hall–Kier alpha value is -3.12. The van der Waals surface area contributed by atoms with E-state index in [1.165, 1.54) is 0 Å². The standard InChI is InChI=1S/C23H25N7O.ClH/c1-3-29-14-27-19-10-15(5-7-20(19)29)4-6-18-22-21(8-9-25-23(22)24)30(28-18)17-11-16(13-31-2)26-12-17;/h5,7-10,14,16-17,26H,3,11-13H2,1-2H3,(H2,24,25);1H/t16-,17+;/m1./s1. The molecule has 1 aromatic carbocycles. The van der Waals surface area contributed by atoms with Gasteiger partial charge in [0.2, 0.25) is 0 Å². The van der Waals surface area contributed by atoms with E-state index < -0.39 is 0 Å². The maximum atomic E-state index is 6.22. The number of ether oxygens (including phenoxy) is 1. The van der Waals surface area contributed by atoms with Crippen LogP contribution in [0.1, 0.15) is 30.6 Å². The molecule has 5 rings (SSSR count). The molecule has 9 heteroatoms. The first-order valence-electron chi connectivity index (χ1n) is 10.5. The number of benzene rings is 1. The molecule has 0 amide bonds. The molecule has 32 heavy (non-hydrogen) atoms. The summed E-state index contributed by atoms with van der Waals surface area (Å²) < 4.78 is 9.44. The molecule has 1 fully saturated rings. The first-order valence-corrected chi connectivity index (χ1v) is 10.5. The van der Waals surface area contributed by atoms with Crippen molar-refractivity contribution >= 4 is 40.2 Å². The highest BCUT2D eigenvalue weighted by Gasteiger charge is 2.28. The normalized spacial score (nSPS) is 17.9. The Morgan fingerprint density at radius 3 is 2.91 bits per heavy atom. The largest absolute Gasteiger partial charge is 0.383 e. The summed E-state index contributed by atoms with van der Waals surface area (Å²) in [4.78, 5) is 8.74. The van der Waals surface area contributed by atoms with Gasteiger partial charge in [0, 0.05) is 38.0 Å². The number of aromatic nitrogens is 5. The van der Waals surface area contributed by atoms with Crippen LogP contribution in [0, 0.1) is 11.8 Å². The number of hydrogen-bond donors (Lipinski definition) is 2. The third kappa shape index (κ3) is 3.91. The summed E-state index contributed by atoms with van der Waals surface area (Å²) in [6.07, 6.45) is 4.52.